The molecule has 2 rings (SSSR count). The molecule has 110 valence electrons. The molecule has 1 aliphatic rings. The van der Waals surface area contributed by atoms with Gasteiger partial charge in [0.05, 0.1) is 5.41 Å². The first kappa shape index (κ1) is 15.3. The third-order valence-corrected chi connectivity index (χ3v) is 4.75. The number of likely N-dealkylation sites (tertiary alicyclic amines) is 1. The van der Waals surface area contributed by atoms with Gasteiger partial charge >= 0.3 is 0 Å². The van der Waals surface area contributed by atoms with Gasteiger partial charge in [0.2, 0.25) is 5.91 Å². The fourth-order valence-corrected chi connectivity index (χ4v) is 3.21. The lowest BCUT2D eigenvalue weighted by Gasteiger charge is -2.31. The van der Waals surface area contributed by atoms with E-state index in [0.29, 0.717) is 11.6 Å². The second-order valence-electron chi connectivity index (χ2n) is 6.60. The number of nitrogens with zero attached hydrogens (tertiary/aromatic N) is 1. The van der Waals surface area contributed by atoms with Gasteiger partial charge in [-0.25, -0.2) is 0 Å². The minimum absolute atomic E-state index is 0.0478. The highest BCUT2D eigenvalue weighted by atomic mass is 35.5. The number of hydrogen-bond donors (Lipinski definition) is 1. The predicted molar refractivity (Wildman–Crippen MR) is 82.8 cm³/mol. The van der Waals surface area contributed by atoms with E-state index in [1.54, 1.807) is 0 Å². The van der Waals surface area contributed by atoms with Crippen molar-refractivity contribution in [3.05, 3.63) is 34.9 Å². The topological polar surface area (TPSA) is 46.3 Å². The summed E-state index contributed by atoms with van der Waals surface area (Å²) >= 11 is 6.25. The van der Waals surface area contributed by atoms with Crippen LogP contribution in [0.15, 0.2) is 24.3 Å². The maximum absolute atomic E-state index is 12.8. The van der Waals surface area contributed by atoms with E-state index in [9.17, 15) is 4.79 Å². The number of amides is 1. The summed E-state index contributed by atoms with van der Waals surface area (Å²) in [6.45, 7) is 8.14. The highest BCUT2D eigenvalue weighted by Gasteiger charge is 2.41. The minimum atomic E-state index is -0.613. The average molecular weight is 295 g/mol. The summed E-state index contributed by atoms with van der Waals surface area (Å²) in [5, 5.41) is 0.645. The molecule has 0 radical (unpaired) electrons. The summed E-state index contributed by atoms with van der Waals surface area (Å²) in [6.07, 6.45) is 0.966. The van der Waals surface area contributed by atoms with Crippen LogP contribution in [0.5, 0.6) is 0 Å². The van der Waals surface area contributed by atoms with Crippen molar-refractivity contribution in [2.45, 2.75) is 32.6 Å². The number of carbonyl (C=O) groups excluding carboxylic acids is 1. The lowest BCUT2D eigenvalue weighted by Crippen LogP contribution is -2.44. The van der Waals surface area contributed by atoms with Crippen LogP contribution in [0.25, 0.3) is 0 Å². The number of rotatable bonds is 3. The summed E-state index contributed by atoms with van der Waals surface area (Å²) in [5.74, 6) is 0.128. The van der Waals surface area contributed by atoms with Gasteiger partial charge in [-0.3, -0.25) is 4.79 Å². The van der Waals surface area contributed by atoms with E-state index in [1.165, 1.54) is 0 Å². The van der Waals surface area contributed by atoms with Gasteiger partial charge < -0.3 is 10.6 Å². The van der Waals surface area contributed by atoms with Crippen molar-refractivity contribution in [3.8, 4) is 0 Å². The second kappa shape index (κ2) is 5.38. The van der Waals surface area contributed by atoms with Crippen LogP contribution in [0.2, 0.25) is 5.02 Å². The number of halogens is 1. The van der Waals surface area contributed by atoms with Gasteiger partial charge in [-0.15, -0.1) is 0 Å². The smallest absolute Gasteiger partial charge is 0.232 e. The van der Waals surface area contributed by atoms with Crippen LogP contribution in [0, 0.1) is 5.41 Å². The summed E-state index contributed by atoms with van der Waals surface area (Å²) in [4.78, 5) is 14.8. The molecule has 1 saturated heterocycles. The lowest BCUT2D eigenvalue weighted by atomic mass is 9.83. The van der Waals surface area contributed by atoms with Gasteiger partial charge in [-0.2, -0.15) is 0 Å². The lowest BCUT2D eigenvalue weighted by molar-refractivity contribution is -0.135. The zero-order valence-corrected chi connectivity index (χ0v) is 13.2. The Morgan fingerprint density at radius 2 is 2.10 bits per heavy atom. The fraction of sp³-hybridized carbons (Fsp3) is 0.562. The van der Waals surface area contributed by atoms with Crippen LogP contribution in [0.4, 0.5) is 0 Å². The molecule has 2 N–H and O–H groups in total. The van der Waals surface area contributed by atoms with E-state index >= 15 is 0 Å². The molecule has 1 heterocycles. The van der Waals surface area contributed by atoms with Gasteiger partial charge in [-0.05, 0) is 43.9 Å². The van der Waals surface area contributed by atoms with E-state index in [-0.39, 0.29) is 11.3 Å². The summed E-state index contributed by atoms with van der Waals surface area (Å²) < 4.78 is 0. The number of carbonyl (C=O) groups is 1. The SMILES string of the molecule is CC1(CN)CCN(C(=O)C(C)(C)c2ccccc2Cl)C1. The predicted octanol–water partition coefficient (Wildman–Crippen LogP) is 2.81. The molecule has 0 aliphatic carbocycles. The quantitative estimate of drug-likeness (QED) is 0.932. The molecular formula is C16H23ClN2O. The summed E-state index contributed by atoms with van der Waals surface area (Å²) in [5.41, 5.74) is 6.13. The first-order valence-electron chi connectivity index (χ1n) is 7.05. The zero-order chi connectivity index (χ0) is 15.0. The molecule has 1 amide bonds. The molecule has 1 fully saturated rings. The third kappa shape index (κ3) is 2.70. The van der Waals surface area contributed by atoms with Crippen molar-refractivity contribution < 1.29 is 4.79 Å². The molecule has 4 heteroatoms. The highest BCUT2D eigenvalue weighted by Crippen LogP contribution is 2.35. The Bertz CT molecular complexity index is 515. The molecular weight excluding hydrogens is 272 g/mol. The van der Waals surface area contributed by atoms with Gasteiger partial charge in [0.15, 0.2) is 0 Å². The van der Waals surface area contributed by atoms with E-state index in [1.807, 2.05) is 43.0 Å². The van der Waals surface area contributed by atoms with E-state index in [4.69, 9.17) is 17.3 Å². The molecule has 1 aromatic rings. The molecule has 0 saturated carbocycles. The molecule has 3 nitrogen and oxygen atoms in total. The van der Waals surface area contributed by atoms with Crippen molar-refractivity contribution in [2.24, 2.45) is 11.1 Å². The number of nitrogens with two attached hydrogens (primary N) is 1. The number of benzene rings is 1. The summed E-state index contributed by atoms with van der Waals surface area (Å²) in [7, 11) is 0. The molecule has 0 aromatic heterocycles. The molecule has 1 aromatic carbocycles. The normalized spacial score (nSPS) is 23.1. The Kier molecular flexibility index (Phi) is 4.12. The second-order valence-corrected chi connectivity index (χ2v) is 7.00. The van der Waals surface area contributed by atoms with E-state index in [0.717, 1.165) is 25.1 Å². The van der Waals surface area contributed by atoms with Crippen molar-refractivity contribution in [1.29, 1.82) is 0 Å². The van der Waals surface area contributed by atoms with Crippen molar-refractivity contribution in [1.82, 2.24) is 4.90 Å². The maximum Gasteiger partial charge on any atom is 0.232 e. The Balaban J connectivity index is 2.23. The van der Waals surface area contributed by atoms with Gasteiger partial charge in [0.1, 0.15) is 0 Å². The zero-order valence-electron chi connectivity index (χ0n) is 12.4. The monoisotopic (exact) mass is 294 g/mol. The molecule has 0 bridgehead atoms. The van der Waals surface area contributed by atoms with Gasteiger partial charge in [0.25, 0.3) is 0 Å². The Morgan fingerprint density at radius 1 is 1.45 bits per heavy atom. The van der Waals surface area contributed by atoms with Crippen LogP contribution in [0.1, 0.15) is 32.8 Å². The Hall–Kier alpha value is -1.06. The van der Waals surface area contributed by atoms with Crippen molar-refractivity contribution in [2.75, 3.05) is 19.6 Å². The first-order valence-corrected chi connectivity index (χ1v) is 7.42. The molecule has 0 spiro atoms. The van der Waals surface area contributed by atoms with E-state index < -0.39 is 5.41 Å². The van der Waals surface area contributed by atoms with Crippen LogP contribution in [-0.2, 0) is 10.2 Å². The molecule has 1 aliphatic heterocycles. The Morgan fingerprint density at radius 3 is 2.65 bits per heavy atom. The average Bonchev–Trinajstić information content (AvgIpc) is 2.81. The Labute approximate surface area is 126 Å². The fourth-order valence-electron chi connectivity index (χ4n) is 2.84. The highest BCUT2D eigenvalue weighted by molar-refractivity contribution is 6.31. The first-order chi connectivity index (χ1) is 9.30. The third-order valence-electron chi connectivity index (χ3n) is 4.42. The van der Waals surface area contributed by atoms with Crippen molar-refractivity contribution in [3.63, 3.8) is 0 Å². The molecule has 1 atom stereocenters. The van der Waals surface area contributed by atoms with Gasteiger partial charge in [-0.1, -0.05) is 36.7 Å². The van der Waals surface area contributed by atoms with Crippen LogP contribution in [-0.4, -0.2) is 30.4 Å². The molecule has 1 unspecified atom stereocenters. The number of hydrogen-bond acceptors (Lipinski definition) is 2. The maximum atomic E-state index is 12.8. The molecule has 20 heavy (non-hydrogen) atoms. The summed E-state index contributed by atoms with van der Waals surface area (Å²) in [6, 6.07) is 7.57. The standard InChI is InChI=1S/C16H23ClN2O/c1-15(2,12-6-4-5-7-13(12)17)14(20)19-9-8-16(3,10-18)11-19/h4-7H,8-11,18H2,1-3H3. The largest absolute Gasteiger partial charge is 0.341 e. The van der Waals surface area contributed by atoms with Crippen LogP contribution in [0.3, 0.4) is 0 Å². The van der Waals surface area contributed by atoms with Crippen LogP contribution >= 0.6 is 11.6 Å². The van der Waals surface area contributed by atoms with Crippen LogP contribution < -0.4 is 5.73 Å². The van der Waals surface area contributed by atoms with Crippen molar-refractivity contribution >= 4 is 17.5 Å². The minimum Gasteiger partial charge on any atom is -0.341 e. The van der Waals surface area contributed by atoms with Gasteiger partial charge in [0, 0.05) is 18.1 Å². The van der Waals surface area contributed by atoms with E-state index in [2.05, 4.69) is 6.92 Å².